The van der Waals surface area contributed by atoms with E-state index in [-0.39, 0.29) is 12.2 Å². The van der Waals surface area contributed by atoms with E-state index >= 15 is 0 Å². The van der Waals surface area contributed by atoms with Gasteiger partial charge < -0.3 is 4.74 Å². The van der Waals surface area contributed by atoms with E-state index < -0.39 is 24.3 Å². The van der Waals surface area contributed by atoms with Gasteiger partial charge >= 0.3 is 6.18 Å². The molecule has 1 aliphatic heterocycles. The van der Waals surface area contributed by atoms with Crippen LogP contribution in [0.25, 0.3) is 0 Å². The molecule has 1 aromatic rings. The summed E-state index contributed by atoms with van der Waals surface area (Å²) in [5.74, 6) is -1.33. The zero-order chi connectivity index (χ0) is 12.6. The molecular formula is C11H8BrF3O2. The molecule has 0 bridgehead atoms. The van der Waals surface area contributed by atoms with Gasteiger partial charge in [-0.1, -0.05) is 6.07 Å². The summed E-state index contributed by atoms with van der Waals surface area (Å²) in [7, 11) is 0. The summed E-state index contributed by atoms with van der Waals surface area (Å²) in [6.45, 7) is -0.220. The maximum Gasteiger partial charge on any atom is 0.389 e. The van der Waals surface area contributed by atoms with Gasteiger partial charge in [0.05, 0.1) is 24.5 Å². The number of hydrogen-bond acceptors (Lipinski definition) is 2. The van der Waals surface area contributed by atoms with Crippen LogP contribution in [0.5, 0.6) is 5.75 Å². The highest BCUT2D eigenvalue weighted by Crippen LogP contribution is 2.36. The van der Waals surface area contributed by atoms with Gasteiger partial charge in [-0.3, -0.25) is 4.79 Å². The number of ketones is 1. The Hall–Kier alpha value is -1.04. The fourth-order valence-electron chi connectivity index (χ4n) is 1.76. The van der Waals surface area contributed by atoms with Crippen molar-refractivity contribution in [3.05, 3.63) is 28.2 Å². The Morgan fingerprint density at radius 1 is 1.41 bits per heavy atom. The van der Waals surface area contributed by atoms with E-state index in [1.165, 1.54) is 0 Å². The lowest BCUT2D eigenvalue weighted by Crippen LogP contribution is -2.32. The van der Waals surface area contributed by atoms with Crippen molar-refractivity contribution in [3.63, 3.8) is 0 Å². The molecule has 17 heavy (non-hydrogen) atoms. The number of fused-ring (bicyclic) bond motifs is 1. The van der Waals surface area contributed by atoms with Gasteiger partial charge in [0.15, 0.2) is 5.78 Å². The van der Waals surface area contributed by atoms with Crippen molar-refractivity contribution in [2.45, 2.75) is 12.6 Å². The third-order valence-corrected chi connectivity index (χ3v) is 3.17. The molecule has 1 heterocycles. The number of Topliss-reactive ketones (excluding diaryl/α,β-unsaturated/α-hetero) is 1. The maximum atomic E-state index is 12.3. The number of hydrogen-bond donors (Lipinski definition) is 0. The highest BCUT2D eigenvalue weighted by Gasteiger charge is 2.39. The largest absolute Gasteiger partial charge is 0.492 e. The van der Waals surface area contributed by atoms with Gasteiger partial charge in [0.25, 0.3) is 0 Å². The second-order valence-electron chi connectivity index (χ2n) is 3.80. The molecule has 0 radical (unpaired) electrons. The Kier molecular flexibility index (Phi) is 3.16. The first-order valence-electron chi connectivity index (χ1n) is 4.91. The van der Waals surface area contributed by atoms with Crippen molar-refractivity contribution in [1.29, 1.82) is 0 Å². The number of benzene rings is 1. The Balaban J connectivity index is 2.30. The number of alkyl halides is 3. The van der Waals surface area contributed by atoms with Crippen LogP contribution in [0.2, 0.25) is 0 Å². The third kappa shape index (κ3) is 2.62. The van der Waals surface area contributed by atoms with E-state index in [0.29, 0.717) is 10.2 Å². The Morgan fingerprint density at radius 3 is 2.76 bits per heavy atom. The third-order valence-electron chi connectivity index (χ3n) is 2.51. The monoisotopic (exact) mass is 308 g/mol. The van der Waals surface area contributed by atoms with Crippen molar-refractivity contribution < 1.29 is 22.7 Å². The van der Waals surface area contributed by atoms with E-state index in [4.69, 9.17) is 4.74 Å². The smallest absolute Gasteiger partial charge is 0.389 e. The van der Waals surface area contributed by atoms with Crippen molar-refractivity contribution in [2.75, 3.05) is 6.61 Å². The summed E-state index contributed by atoms with van der Waals surface area (Å²) in [5, 5.41) is 0. The molecule has 92 valence electrons. The number of carbonyl (C=O) groups excluding carboxylic acids is 1. The molecule has 1 aromatic carbocycles. The van der Waals surface area contributed by atoms with Crippen molar-refractivity contribution in [3.8, 4) is 5.75 Å². The van der Waals surface area contributed by atoms with E-state index in [1.807, 2.05) is 0 Å². The van der Waals surface area contributed by atoms with Gasteiger partial charge in [0.2, 0.25) is 0 Å². The highest BCUT2D eigenvalue weighted by molar-refractivity contribution is 9.10. The van der Waals surface area contributed by atoms with Gasteiger partial charge in [-0.05, 0) is 28.1 Å². The van der Waals surface area contributed by atoms with Gasteiger partial charge in [-0.2, -0.15) is 13.2 Å². The fourth-order valence-corrected chi connectivity index (χ4v) is 2.31. The zero-order valence-corrected chi connectivity index (χ0v) is 10.1. The average Bonchev–Trinajstić information content (AvgIpc) is 2.20. The summed E-state index contributed by atoms with van der Waals surface area (Å²) in [6.07, 6.45) is -5.50. The molecule has 0 aliphatic carbocycles. The Bertz CT molecular complexity index is 457. The molecular weight excluding hydrogens is 301 g/mol. The van der Waals surface area contributed by atoms with Crippen LogP contribution in [0, 0.1) is 5.92 Å². The van der Waals surface area contributed by atoms with Gasteiger partial charge in [-0.15, -0.1) is 0 Å². The van der Waals surface area contributed by atoms with Crippen LogP contribution in [-0.2, 0) is 0 Å². The molecule has 1 aliphatic rings. The molecule has 1 atom stereocenters. The fraction of sp³-hybridized carbons (Fsp3) is 0.364. The lowest BCUT2D eigenvalue weighted by atomic mass is 9.92. The van der Waals surface area contributed by atoms with Crippen molar-refractivity contribution in [2.24, 2.45) is 5.92 Å². The maximum absolute atomic E-state index is 12.3. The molecule has 0 saturated heterocycles. The van der Waals surface area contributed by atoms with E-state index in [2.05, 4.69) is 15.9 Å². The number of carbonyl (C=O) groups is 1. The standard InChI is InChI=1S/C11H8BrF3O2/c12-7-2-1-3-8-9(7)10(16)6(5-17-8)4-11(13,14)15/h1-3,6H,4-5H2. The van der Waals surface area contributed by atoms with Crippen LogP contribution < -0.4 is 4.74 Å². The molecule has 0 fully saturated rings. The Morgan fingerprint density at radius 2 is 2.12 bits per heavy atom. The number of ether oxygens (including phenoxy) is 1. The predicted molar refractivity (Wildman–Crippen MR) is 58.1 cm³/mol. The molecule has 0 amide bonds. The minimum absolute atomic E-state index is 0.202. The van der Waals surface area contributed by atoms with Crippen LogP contribution in [-0.4, -0.2) is 18.6 Å². The van der Waals surface area contributed by atoms with Crippen LogP contribution in [0.4, 0.5) is 13.2 Å². The minimum Gasteiger partial charge on any atom is -0.492 e. The summed E-state index contributed by atoms with van der Waals surface area (Å²) in [4.78, 5) is 11.9. The molecule has 0 aromatic heterocycles. The highest BCUT2D eigenvalue weighted by atomic mass is 79.9. The Labute approximate surface area is 104 Å². The molecule has 6 heteroatoms. The zero-order valence-electron chi connectivity index (χ0n) is 8.55. The van der Waals surface area contributed by atoms with Crippen LogP contribution in [0.1, 0.15) is 16.8 Å². The number of rotatable bonds is 1. The minimum atomic E-state index is -4.36. The molecule has 2 rings (SSSR count). The van der Waals surface area contributed by atoms with Crippen LogP contribution in [0.3, 0.4) is 0 Å². The molecule has 0 spiro atoms. The molecule has 0 N–H and O–H groups in total. The first kappa shape index (κ1) is 12.4. The van der Waals surface area contributed by atoms with E-state index in [9.17, 15) is 18.0 Å². The van der Waals surface area contributed by atoms with Crippen LogP contribution in [0.15, 0.2) is 22.7 Å². The second-order valence-corrected chi connectivity index (χ2v) is 4.66. The van der Waals surface area contributed by atoms with E-state index in [0.717, 1.165) is 0 Å². The molecule has 2 nitrogen and oxygen atoms in total. The van der Waals surface area contributed by atoms with Crippen LogP contribution >= 0.6 is 15.9 Å². The second kappa shape index (κ2) is 4.33. The summed E-state index contributed by atoms with van der Waals surface area (Å²) in [5.41, 5.74) is 0.202. The summed E-state index contributed by atoms with van der Waals surface area (Å²) < 4.78 is 42.5. The van der Waals surface area contributed by atoms with Crippen molar-refractivity contribution >= 4 is 21.7 Å². The van der Waals surface area contributed by atoms with Crippen molar-refractivity contribution in [1.82, 2.24) is 0 Å². The summed E-state index contributed by atoms with van der Waals surface area (Å²) >= 11 is 3.15. The lowest BCUT2D eigenvalue weighted by Gasteiger charge is -2.25. The van der Waals surface area contributed by atoms with E-state index in [1.54, 1.807) is 18.2 Å². The lowest BCUT2D eigenvalue weighted by molar-refractivity contribution is -0.143. The topological polar surface area (TPSA) is 26.3 Å². The normalized spacial score (nSPS) is 19.8. The number of halogens is 4. The average molecular weight is 309 g/mol. The summed E-state index contributed by atoms with van der Waals surface area (Å²) in [6, 6.07) is 4.85. The quantitative estimate of drug-likeness (QED) is 0.792. The SMILES string of the molecule is O=C1c2c(Br)cccc2OCC1CC(F)(F)F. The van der Waals surface area contributed by atoms with Gasteiger partial charge in [0, 0.05) is 4.47 Å². The molecule has 1 unspecified atom stereocenters. The van der Waals surface area contributed by atoms with Gasteiger partial charge in [0.1, 0.15) is 5.75 Å². The first-order valence-corrected chi connectivity index (χ1v) is 5.70. The van der Waals surface area contributed by atoms with Gasteiger partial charge in [-0.25, -0.2) is 0 Å². The first-order chi connectivity index (χ1) is 7.88. The predicted octanol–water partition coefficient (Wildman–Crippen LogP) is 3.59. The molecule has 0 saturated carbocycles.